The van der Waals surface area contributed by atoms with Crippen molar-refractivity contribution in [3.8, 4) is 45.5 Å². The number of pyridine rings is 2. The number of hydrogen-bond acceptors (Lipinski definition) is 4. The standard InChI is InChI=1S/C48H30N6/c1-2-14-34-31(12-1)13-11-21-43(34)53-44-19-5-3-15-35(44)37-28-32(22-24-46(37)53)33-23-25-47-38(29-33)36-16-4-6-20-45(36)54(47)48-51-41(39-17-7-9-26-49-39)30-42(52-48)40-18-8-10-27-50-40/h1-30H. The van der Waals surface area contributed by atoms with Crippen LogP contribution in [-0.2, 0) is 0 Å². The van der Waals surface area contributed by atoms with Gasteiger partial charge in [0.15, 0.2) is 0 Å². The van der Waals surface area contributed by atoms with E-state index in [0.29, 0.717) is 5.95 Å². The highest BCUT2D eigenvalue weighted by Gasteiger charge is 2.19. The molecule has 5 heterocycles. The number of nitrogens with zero attached hydrogens (tertiary/aromatic N) is 6. The van der Waals surface area contributed by atoms with E-state index >= 15 is 0 Å². The van der Waals surface area contributed by atoms with E-state index in [9.17, 15) is 0 Å². The lowest BCUT2D eigenvalue weighted by molar-refractivity contribution is 0.988. The quantitative estimate of drug-likeness (QED) is 0.180. The molecule has 6 heteroatoms. The summed E-state index contributed by atoms with van der Waals surface area (Å²) in [5.41, 5.74) is 10.9. The third-order valence-corrected chi connectivity index (χ3v) is 10.5. The monoisotopic (exact) mass is 690 g/mol. The first kappa shape index (κ1) is 30.2. The van der Waals surface area contributed by atoms with E-state index in [4.69, 9.17) is 9.97 Å². The Morgan fingerprint density at radius 1 is 0.333 bits per heavy atom. The molecule has 0 bridgehead atoms. The van der Waals surface area contributed by atoms with Gasteiger partial charge in [0.1, 0.15) is 0 Å². The van der Waals surface area contributed by atoms with Crippen LogP contribution < -0.4 is 0 Å². The Bertz CT molecular complexity index is 3150. The SMILES string of the molecule is c1ccc(-c2cc(-c3ccccn3)nc(-n3c4ccccc4c4cc(-c5ccc6c(c5)c5ccccc5n6-c5cccc6ccccc56)ccc43)n2)nc1. The summed E-state index contributed by atoms with van der Waals surface area (Å²) in [5, 5.41) is 7.18. The van der Waals surface area contributed by atoms with E-state index in [-0.39, 0.29) is 0 Å². The van der Waals surface area contributed by atoms with Crippen LogP contribution in [0.2, 0.25) is 0 Å². The van der Waals surface area contributed by atoms with Crippen molar-refractivity contribution in [2.24, 2.45) is 0 Å². The first-order chi connectivity index (χ1) is 26.8. The number of fused-ring (bicyclic) bond motifs is 7. The van der Waals surface area contributed by atoms with Crippen molar-refractivity contribution in [3.63, 3.8) is 0 Å². The lowest BCUT2D eigenvalue weighted by Crippen LogP contribution is -2.04. The smallest absolute Gasteiger partial charge is 0.235 e. The average Bonchev–Trinajstić information content (AvgIpc) is 3.76. The molecule has 0 saturated carbocycles. The summed E-state index contributed by atoms with van der Waals surface area (Å²) in [4.78, 5) is 19.5. The Hall–Kier alpha value is -7.44. The predicted octanol–water partition coefficient (Wildman–Crippen LogP) is 11.6. The Morgan fingerprint density at radius 3 is 1.44 bits per heavy atom. The molecule has 54 heavy (non-hydrogen) atoms. The summed E-state index contributed by atoms with van der Waals surface area (Å²) >= 11 is 0. The Balaban J connectivity index is 1.10. The van der Waals surface area contributed by atoms with Crippen LogP contribution in [0.5, 0.6) is 0 Å². The maximum absolute atomic E-state index is 5.12. The summed E-state index contributed by atoms with van der Waals surface area (Å²) in [7, 11) is 0. The van der Waals surface area contributed by atoms with E-state index < -0.39 is 0 Å². The number of para-hydroxylation sites is 2. The molecule has 0 radical (unpaired) electrons. The Morgan fingerprint density at radius 2 is 0.833 bits per heavy atom. The molecule has 0 atom stereocenters. The van der Waals surface area contributed by atoms with Crippen molar-refractivity contribution in [1.29, 1.82) is 0 Å². The summed E-state index contributed by atoms with van der Waals surface area (Å²) in [5.74, 6) is 0.570. The molecule has 0 spiro atoms. The maximum atomic E-state index is 5.12. The second-order valence-electron chi connectivity index (χ2n) is 13.5. The van der Waals surface area contributed by atoms with Gasteiger partial charge < -0.3 is 4.57 Å². The van der Waals surface area contributed by atoms with Gasteiger partial charge >= 0.3 is 0 Å². The minimum Gasteiger partial charge on any atom is -0.309 e. The Kier molecular flexibility index (Phi) is 6.75. The molecule has 0 amide bonds. The number of hydrogen-bond donors (Lipinski definition) is 0. The maximum Gasteiger partial charge on any atom is 0.235 e. The Labute approximate surface area is 310 Å². The van der Waals surface area contributed by atoms with Gasteiger partial charge in [-0.25, -0.2) is 9.97 Å². The van der Waals surface area contributed by atoms with Crippen molar-refractivity contribution < 1.29 is 0 Å². The molecule has 5 aromatic heterocycles. The van der Waals surface area contributed by atoms with Crippen molar-refractivity contribution in [1.82, 2.24) is 29.1 Å². The van der Waals surface area contributed by atoms with Gasteiger partial charge in [0, 0.05) is 39.3 Å². The van der Waals surface area contributed by atoms with Gasteiger partial charge in [-0.1, -0.05) is 97.1 Å². The van der Waals surface area contributed by atoms with Crippen LogP contribution in [0.4, 0.5) is 0 Å². The summed E-state index contributed by atoms with van der Waals surface area (Å²) in [6, 6.07) is 59.7. The van der Waals surface area contributed by atoms with E-state index in [2.05, 4.69) is 146 Å². The fourth-order valence-corrected chi connectivity index (χ4v) is 8.01. The van der Waals surface area contributed by atoms with E-state index in [1.165, 1.54) is 38.3 Å². The van der Waals surface area contributed by atoms with Crippen LogP contribution in [0.25, 0.3) is 99.9 Å². The van der Waals surface area contributed by atoms with Crippen LogP contribution in [0.1, 0.15) is 0 Å². The van der Waals surface area contributed by atoms with Crippen LogP contribution >= 0.6 is 0 Å². The third kappa shape index (κ3) is 4.74. The zero-order valence-corrected chi connectivity index (χ0v) is 29.0. The van der Waals surface area contributed by atoms with Gasteiger partial charge in [-0.3, -0.25) is 14.5 Å². The zero-order chi connectivity index (χ0) is 35.6. The minimum atomic E-state index is 0.570. The second-order valence-corrected chi connectivity index (χ2v) is 13.5. The highest BCUT2D eigenvalue weighted by molar-refractivity contribution is 6.13. The first-order valence-corrected chi connectivity index (χ1v) is 18.1. The molecule has 0 unspecified atom stereocenters. The molecule has 0 saturated heterocycles. The molecule has 6 nitrogen and oxygen atoms in total. The molecule has 11 rings (SSSR count). The molecule has 0 N–H and O–H groups in total. The molecular formula is C48H30N6. The first-order valence-electron chi connectivity index (χ1n) is 18.1. The molecule has 252 valence electrons. The van der Waals surface area contributed by atoms with Crippen LogP contribution in [0.15, 0.2) is 182 Å². The number of benzene rings is 6. The molecule has 0 aliphatic carbocycles. The van der Waals surface area contributed by atoms with Gasteiger partial charge in [-0.2, -0.15) is 0 Å². The third-order valence-electron chi connectivity index (χ3n) is 10.5. The van der Waals surface area contributed by atoms with E-state index in [1.807, 2.05) is 42.5 Å². The van der Waals surface area contributed by atoms with Crippen molar-refractivity contribution in [3.05, 3.63) is 182 Å². The second kappa shape index (κ2) is 12.1. The molecule has 0 aliphatic rings. The van der Waals surface area contributed by atoms with Gasteiger partial charge in [-0.15, -0.1) is 0 Å². The van der Waals surface area contributed by atoms with Gasteiger partial charge in [-0.05, 0) is 89.3 Å². The number of rotatable bonds is 5. The fourth-order valence-electron chi connectivity index (χ4n) is 8.01. The van der Waals surface area contributed by atoms with E-state index in [1.54, 1.807) is 12.4 Å². The van der Waals surface area contributed by atoms with Crippen molar-refractivity contribution in [2.75, 3.05) is 0 Å². The van der Waals surface area contributed by atoms with Crippen LogP contribution in [-0.4, -0.2) is 29.1 Å². The molecule has 0 fully saturated rings. The summed E-state index contributed by atoms with van der Waals surface area (Å²) in [6.45, 7) is 0. The highest BCUT2D eigenvalue weighted by atomic mass is 15.2. The molecule has 0 aliphatic heterocycles. The van der Waals surface area contributed by atoms with Gasteiger partial charge in [0.2, 0.25) is 5.95 Å². The number of aromatic nitrogens is 6. The van der Waals surface area contributed by atoms with Crippen LogP contribution in [0, 0.1) is 0 Å². The lowest BCUT2D eigenvalue weighted by atomic mass is 10.0. The average molecular weight is 691 g/mol. The lowest BCUT2D eigenvalue weighted by Gasteiger charge is -2.12. The van der Waals surface area contributed by atoms with E-state index in [0.717, 1.165) is 55.7 Å². The van der Waals surface area contributed by atoms with Gasteiger partial charge in [0.25, 0.3) is 0 Å². The van der Waals surface area contributed by atoms with Crippen molar-refractivity contribution in [2.45, 2.75) is 0 Å². The van der Waals surface area contributed by atoms with Gasteiger partial charge in [0.05, 0.1) is 50.5 Å². The zero-order valence-electron chi connectivity index (χ0n) is 29.0. The normalized spacial score (nSPS) is 11.7. The fraction of sp³-hybridized carbons (Fsp3) is 0. The summed E-state index contributed by atoms with van der Waals surface area (Å²) in [6.07, 6.45) is 3.58. The topological polar surface area (TPSA) is 61.4 Å². The molecule has 6 aromatic carbocycles. The molecular weight excluding hydrogens is 661 g/mol. The minimum absolute atomic E-state index is 0.570. The highest BCUT2D eigenvalue weighted by Crippen LogP contribution is 2.39. The van der Waals surface area contributed by atoms with Crippen LogP contribution in [0.3, 0.4) is 0 Å². The van der Waals surface area contributed by atoms with Crippen molar-refractivity contribution >= 4 is 54.4 Å². The summed E-state index contributed by atoms with van der Waals surface area (Å²) < 4.78 is 4.57. The molecule has 11 aromatic rings. The largest absolute Gasteiger partial charge is 0.309 e. The predicted molar refractivity (Wildman–Crippen MR) is 220 cm³/mol.